The SMILES string of the molecule is CC(=O)N[C@@H](CO)C(=O)NCC(CNC(=O)[C@H](CCC(=O)O)NC(C)=O)(CNC(=O)[C@H](CC(=O)O)NC(C)=O)CNC(=O)[C@H](Cc1ccc(O)cc1)NC(C)=O. The summed E-state index contributed by atoms with van der Waals surface area (Å²) in [5, 5.41) is 57.3. The van der Waals surface area contributed by atoms with Crippen LogP contribution in [0.25, 0.3) is 0 Å². The second kappa shape index (κ2) is 23.5. The fraction of sp³-hybridized carbons (Fsp3) is 0.529. The summed E-state index contributed by atoms with van der Waals surface area (Å²) < 4.78 is 0. The summed E-state index contributed by atoms with van der Waals surface area (Å²) in [6.45, 7) is 1.27. The molecule has 0 saturated heterocycles. The van der Waals surface area contributed by atoms with Gasteiger partial charge in [-0.3, -0.25) is 47.9 Å². The summed E-state index contributed by atoms with van der Waals surface area (Å²) in [6.07, 6.45) is -1.81. The minimum absolute atomic E-state index is 0.0556. The number of hydrogen-bond donors (Lipinski definition) is 12. The zero-order valence-electron chi connectivity index (χ0n) is 31.4. The van der Waals surface area contributed by atoms with E-state index in [9.17, 15) is 68.4 Å². The number of hydrogen-bond acceptors (Lipinski definition) is 12. The summed E-state index contributed by atoms with van der Waals surface area (Å²) >= 11 is 0. The zero-order chi connectivity index (χ0) is 42.6. The lowest BCUT2D eigenvalue weighted by atomic mass is 9.86. The van der Waals surface area contributed by atoms with Crippen LogP contribution in [0.3, 0.4) is 0 Å². The predicted molar refractivity (Wildman–Crippen MR) is 193 cm³/mol. The maximum Gasteiger partial charge on any atom is 0.305 e. The van der Waals surface area contributed by atoms with Gasteiger partial charge in [0.25, 0.3) is 0 Å². The molecule has 12 N–H and O–H groups in total. The number of rotatable bonds is 24. The largest absolute Gasteiger partial charge is 0.508 e. The van der Waals surface area contributed by atoms with Gasteiger partial charge in [-0.05, 0) is 24.1 Å². The molecular weight excluding hydrogens is 744 g/mol. The van der Waals surface area contributed by atoms with Crippen LogP contribution in [-0.4, -0.2) is 137 Å². The van der Waals surface area contributed by atoms with E-state index in [0.717, 1.165) is 27.7 Å². The third-order valence-corrected chi connectivity index (χ3v) is 7.91. The first-order valence-electron chi connectivity index (χ1n) is 17.2. The van der Waals surface area contributed by atoms with Crippen molar-refractivity contribution in [1.29, 1.82) is 0 Å². The molecule has 1 aromatic carbocycles. The number of carboxylic acid groups (broad SMARTS) is 2. The molecule has 0 bridgehead atoms. The summed E-state index contributed by atoms with van der Waals surface area (Å²) in [6, 6.07) is 0.0517. The van der Waals surface area contributed by atoms with Gasteiger partial charge in [0.15, 0.2) is 0 Å². The topological polar surface area (TPSA) is 348 Å². The number of aliphatic hydroxyl groups excluding tert-OH is 1. The Morgan fingerprint density at radius 3 is 1.34 bits per heavy atom. The van der Waals surface area contributed by atoms with Gasteiger partial charge in [-0.15, -0.1) is 0 Å². The molecule has 22 nitrogen and oxygen atoms in total. The van der Waals surface area contributed by atoms with E-state index < -0.39 is 134 Å². The number of phenolic OH excluding ortho intramolecular Hbond substituents is 1. The molecule has 22 heteroatoms. The smallest absolute Gasteiger partial charge is 0.305 e. The molecule has 0 aliphatic carbocycles. The van der Waals surface area contributed by atoms with Crippen molar-refractivity contribution in [3.63, 3.8) is 0 Å². The molecular formula is C34H50N8O14. The Kier molecular flexibility index (Phi) is 20.0. The first kappa shape index (κ1) is 47.7. The van der Waals surface area contributed by atoms with Gasteiger partial charge >= 0.3 is 11.9 Å². The number of carbonyl (C=O) groups excluding carboxylic acids is 8. The van der Waals surface area contributed by atoms with Crippen molar-refractivity contribution >= 4 is 59.2 Å². The molecule has 0 radical (unpaired) electrons. The molecule has 310 valence electrons. The quantitative estimate of drug-likeness (QED) is 0.0472. The highest BCUT2D eigenvalue weighted by atomic mass is 16.4. The lowest BCUT2D eigenvalue weighted by molar-refractivity contribution is -0.141. The number of aliphatic hydroxyl groups is 1. The number of aromatic hydroxyl groups is 1. The summed E-state index contributed by atoms with van der Waals surface area (Å²) in [7, 11) is 0. The van der Waals surface area contributed by atoms with Crippen molar-refractivity contribution in [3.8, 4) is 5.75 Å². The minimum atomic E-state index is -1.70. The fourth-order valence-corrected chi connectivity index (χ4v) is 5.14. The van der Waals surface area contributed by atoms with E-state index in [1.54, 1.807) is 0 Å². The summed E-state index contributed by atoms with van der Waals surface area (Å²) in [5.41, 5.74) is -1.18. The monoisotopic (exact) mass is 794 g/mol. The van der Waals surface area contributed by atoms with Gasteiger partial charge in [-0.2, -0.15) is 0 Å². The van der Waals surface area contributed by atoms with Crippen LogP contribution >= 0.6 is 0 Å². The first-order chi connectivity index (χ1) is 26.2. The lowest BCUT2D eigenvalue weighted by Gasteiger charge is -2.36. The number of benzene rings is 1. The summed E-state index contributed by atoms with van der Waals surface area (Å²) in [5.74, 6) is -9.16. The standard InChI is InChI=1S/C34H50N8O14/c1-18(44)39-24(9-10-28(49)50)30(53)35-14-34(17-38-33(56)27(13-43)42-21(4)47,16-37-32(55)26(12-29(51)52)41-20(3)46)15-36-31(54)25(40-19(2)45)11-22-5-7-23(48)8-6-22/h5-8,24-27,43,48H,9-17H2,1-4H3,(H,35,53)(H,36,54)(H,37,55)(H,38,56)(H,39,44)(H,40,45)(H,41,46)(H,42,47)(H,49,50)(H,51,52)/t24-,25-,26-,27-,34?/m0/s1. The van der Waals surface area contributed by atoms with Gasteiger partial charge in [-0.1, -0.05) is 12.1 Å². The molecule has 1 aromatic rings. The van der Waals surface area contributed by atoms with Crippen molar-refractivity contribution in [2.75, 3.05) is 32.8 Å². The Balaban J connectivity index is 3.70. The van der Waals surface area contributed by atoms with Crippen LogP contribution in [0, 0.1) is 5.41 Å². The molecule has 0 fully saturated rings. The average molecular weight is 795 g/mol. The van der Waals surface area contributed by atoms with Crippen molar-refractivity contribution in [2.24, 2.45) is 5.41 Å². The van der Waals surface area contributed by atoms with E-state index >= 15 is 0 Å². The highest BCUT2D eigenvalue weighted by Gasteiger charge is 2.37. The van der Waals surface area contributed by atoms with Crippen molar-refractivity contribution in [2.45, 2.75) is 77.5 Å². The van der Waals surface area contributed by atoms with Crippen LogP contribution in [0.15, 0.2) is 24.3 Å². The number of phenols is 1. The normalized spacial score (nSPS) is 13.8. The number of aliphatic carboxylic acids is 2. The second-order valence-electron chi connectivity index (χ2n) is 13.0. The predicted octanol–water partition coefficient (Wildman–Crippen LogP) is -4.26. The van der Waals surface area contributed by atoms with Crippen LogP contribution in [0.1, 0.15) is 52.5 Å². The molecule has 1 rings (SSSR count). The van der Waals surface area contributed by atoms with Gasteiger partial charge in [0.05, 0.1) is 13.0 Å². The number of carbonyl (C=O) groups is 10. The van der Waals surface area contributed by atoms with E-state index in [4.69, 9.17) is 0 Å². The van der Waals surface area contributed by atoms with E-state index in [2.05, 4.69) is 42.5 Å². The summed E-state index contributed by atoms with van der Waals surface area (Å²) in [4.78, 5) is 124. The molecule has 1 unspecified atom stereocenters. The minimum Gasteiger partial charge on any atom is -0.508 e. The molecule has 0 saturated carbocycles. The number of amides is 8. The first-order valence-corrected chi connectivity index (χ1v) is 17.2. The maximum absolute atomic E-state index is 13.7. The van der Waals surface area contributed by atoms with Crippen LogP contribution < -0.4 is 42.5 Å². The van der Waals surface area contributed by atoms with Crippen LogP contribution in [0.5, 0.6) is 5.75 Å². The van der Waals surface area contributed by atoms with Crippen molar-refractivity contribution in [3.05, 3.63) is 29.8 Å². The Hall–Kier alpha value is -6.32. The molecule has 56 heavy (non-hydrogen) atoms. The van der Waals surface area contributed by atoms with Gasteiger partial charge in [0.2, 0.25) is 47.3 Å². The lowest BCUT2D eigenvalue weighted by Crippen LogP contribution is -2.61. The van der Waals surface area contributed by atoms with Gasteiger partial charge < -0.3 is 63.0 Å². The van der Waals surface area contributed by atoms with Gasteiger partial charge in [0.1, 0.15) is 29.9 Å². The third-order valence-electron chi connectivity index (χ3n) is 7.91. The zero-order valence-corrected chi connectivity index (χ0v) is 31.4. The van der Waals surface area contributed by atoms with Crippen LogP contribution in [0.2, 0.25) is 0 Å². The van der Waals surface area contributed by atoms with Gasteiger partial charge in [0, 0.05) is 72.1 Å². The van der Waals surface area contributed by atoms with Crippen LogP contribution in [-0.2, 0) is 54.4 Å². The highest BCUT2D eigenvalue weighted by Crippen LogP contribution is 2.16. The molecule has 0 aliphatic rings. The fourth-order valence-electron chi connectivity index (χ4n) is 5.14. The molecule has 8 amide bonds. The van der Waals surface area contributed by atoms with Gasteiger partial charge in [-0.25, -0.2) is 0 Å². The Morgan fingerprint density at radius 1 is 0.554 bits per heavy atom. The Labute approximate surface area is 321 Å². The number of nitrogens with one attached hydrogen (secondary N) is 8. The van der Waals surface area contributed by atoms with E-state index in [1.165, 1.54) is 24.3 Å². The third kappa shape index (κ3) is 18.6. The van der Waals surface area contributed by atoms with E-state index in [-0.39, 0.29) is 18.6 Å². The van der Waals surface area contributed by atoms with Crippen LogP contribution in [0.4, 0.5) is 0 Å². The molecule has 0 aromatic heterocycles. The maximum atomic E-state index is 13.7. The van der Waals surface area contributed by atoms with E-state index in [0.29, 0.717) is 5.56 Å². The van der Waals surface area contributed by atoms with Crippen molar-refractivity contribution in [1.82, 2.24) is 42.5 Å². The second-order valence-corrected chi connectivity index (χ2v) is 13.0. The number of carboxylic acids is 2. The highest BCUT2D eigenvalue weighted by molar-refractivity contribution is 5.91. The molecule has 0 spiro atoms. The molecule has 0 heterocycles. The molecule has 0 aliphatic heterocycles. The molecule has 5 atom stereocenters. The van der Waals surface area contributed by atoms with Crippen molar-refractivity contribution < 1.29 is 68.4 Å². The Morgan fingerprint density at radius 2 is 0.929 bits per heavy atom. The van der Waals surface area contributed by atoms with E-state index in [1.807, 2.05) is 0 Å². The Bertz CT molecular complexity index is 1590. The average Bonchev–Trinajstić information content (AvgIpc) is 3.10.